The number of benzene rings is 4. The molecule has 2 heterocycles. The molecular weight excluding hydrogens is 549 g/mol. The second-order valence-electron chi connectivity index (χ2n) is 9.38. The van der Waals surface area contributed by atoms with E-state index in [9.17, 15) is 28.5 Å². The van der Waals surface area contributed by atoms with Gasteiger partial charge in [-0.05, 0) is 54.1 Å². The first-order valence-electron chi connectivity index (χ1n) is 12.7. The van der Waals surface area contributed by atoms with Gasteiger partial charge in [-0.25, -0.2) is 4.68 Å². The number of hydrogen-bond acceptors (Lipinski definition) is 6. The van der Waals surface area contributed by atoms with Crippen molar-refractivity contribution in [3.63, 3.8) is 0 Å². The van der Waals surface area contributed by atoms with Crippen molar-refractivity contribution < 1.29 is 27.6 Å². The molecule has 8 nitrogen and oxygen atoms in total. The minimum Gasteiger partial charge on any atom is -0.486 e. The lowest BCUT2D eigenvalue weighted by Gasteiger charge is -2.19. The zero-order chi connectivity index (χ0) is 29.4. The van der Waals surface area contributed by atoms with Crippen molar-refractivity contribution >= 4 is 5.69 Å². The first kappa shape index (κ1) is 26.6. The number of alkyl halides is 3. The Morgan fingerprint density at radius 3 is 2.07 bits per heavy atom. The van der Waals surface area contributed by atoms with Crippen LogP contribution in [0.2, 0.25) is 0 Å². The number of aromatic nitrogens is 2. The van der Waals surface area contributed by atoms with E-state index in [1.807, 2.05) is 6.07 Å². The highest BCUT2D eigenvalue weighted by molar-refractivity contribution is 5.93. The van der Waals surface area contributed by atoms with Gasteiger partial charge in [0, 0.05) is 28.8 Å². The van der Waals surface area contributed by atoms with Crippen LogP contribution in [0.1, 0.15) is 11.1 Å². The molecule has 208 valence electrons. The minimum atomic E-state index is -4.51. The van der Waals surface area contributed by atoms with Crippen LogP contribution < -0.4 is 9.47 Å². The van der Waals surface area contributed by atoms with Crippen LogP contribution >= 0.6 is 0 Å². The van der Waals surface area contributed by atoms with Crippen molar-refractivity contribution in [2.75, 3.05) is 13.2 Å². The second kappa shape index (κ2) is 10.4. The molecule has 6 rings (SSSR count). The van der Waals surface area contributed by atoms with Gasteiger partial charge in [0.15, 0.2) is 11.5 Å². The summed E-state index contributed by atoms with van der Waals surface area (Å²) in [5.74, 6) is 1.06. The van der Waals surface area contributed by atoms with E-state index < -0.39 is 16.7 Å². The normalized spacial score (nSPS) is 12.5. The average Bonchev–Trinajstić information content (AvgIpc) is 3.41. The van der Waals surface area contributed by atoms with Crippen LogP contribution in [-0.2, 0) is 6.18 Å². The van der Waals surface area contributed by atoms with E-state index in [-0.39, 0.29) is 5.69 Å². The van der Waals surface area contributed by atoms with E-state index in [4.69, 9.17) is 14.6 Å². The smallest absolute Gasteiger partial charge is 0.416 e. The number of halogens is 3. The van der Waals surface area contributed by atoms with Crippen LogP contribution in [-0.4, -0.2) is 27.9 Å². The zero-order valence-corrected chi connectivity index (χ0v) is 21.6. The SMILES string of the molecule is N#Cc1ccc(-c2c(-c3ccc4c(c3)OCCO4)c(-c3ccc(C(F)(F)F)cc3)nn2-c2ccc([N+](=O)[O-])cc2)cc1. The number of nitriles is 1. The molecule has 1 aliphatic rings. The number of nitrogens with zero attached hydrogens (tertiary/aromatic N) is 4. The van der Waals surface area contributed by atoms with Crippen LogP contribution in [0, 0.1) is 21.4 Å². The molecule has 1 aliphatic heterocycles. The van der Waals surface area contributed by atoms with Crippen molar-refractivity contribution in [2.24, 2.45) is 0 Å². The largest absolute Gasteiger partial charge is 0.486 e. The molecule has 0 atom stereocenters. The maximum Gasteiger partial charge on any atom is 0.416 e. The standard InChI is InChI=1S/C31H19F3N4O4/c32-31(33,34)23-8-5-20(6-9-23)29-28(22-7-14-26-27(17-22)42-16-15-41-26)30(21-3-1-19(18-35)2-4-21)37(36-29)24-10-12-25(13-11-24)38(39)40/h1-14,17H,15-16H2. The summed E-state index contributed by atoms with van der Waals surface area (Å²) < 4.78 is 53.2. The predicted molar refractivity (Wildman–Crippen MR) is 147 cm³/mol. The highest BCUT2D eigenvalue weighted by Gasteiger charge is 2.31. The Hall–Kier alpha value is -5.63. The molecular formula is C31H19F3N4O4. The lowest BCUT2D eigenvalue weighted by Crippen LogP contribution is -2.15. The Labute approximate surface area is 236 Å². The van der Waals surface area contributed by atoms with Gasteiger partial charge in [-0.3, -0.25) is 10.1 Å². The molecule has 0 spiro atoms. The number of ether oxygens (including phenoxy) is 2. The van der Waals surface area contributed by atoms with Gasteiger partial charge in [-0.15, -0.1) is 0 Å². The third-order valence-corrected chi connectivity index (χ3v) is 6.79. The van der Waals surface area contributed by atoms with E-state index in [1.165, 1.54) is 24.3 Å². The fourth-order valence-electron chi connectivity index (χ4n) is 4.78. The maximum absolute atomic E-state index is 13.4. The summed E-state index contributed by atoms with van der Waals surface area (Å²) in [7, 11) is 0. The highest BCUT2D eigenvalue weighted by Crippen LogP contribution is 2.44. The highest BCUT2D eigenvalue weighted by atomic mass is 19.4. The number of non-ortho nitro benzene ring substituents is 1. The fraction of sp³-hybridized carbons (Fsp3) is 0.0968. The van der Waals surface area contributed by atoms with Crippen molar-refractivity contribution in [1.29, 1.82) is 5.26 Å². The number of hydrogen-bond donors (Lipinski definition) is 0. The number of nitro groups is 1. The molecule has 0 N–H and O–H groups in total. The zero-order valence-electron chi connectivity index (χ0n) is 21.6. The topological polar surface area (TPSA) is 103 Å². The summed E-state index contributed by atoms with van der Waals surface area (Å²) in [6, 6.07) is 24.7. The molecule has 42 heavy (non-hydrogen) atoms. The third-order valence-electron chi connectivity index (χ3n) is 6.79. The fourth-order valence-corrected chi connectivity index (χ4v) is 4.78. The lowest BCUT2D eigenvalue weighted by molar-refractivity contribution is -0.384. The Kier molecular flexibility index (Phi) is 6.59. The number of nitro benzene ring substituents is 1. The number of rotatable bonds is 5. The number of fused-ring (bicyclic) bond motifs is 1. The molecule has 0 unspecified atom stereocenters. The molecule has 4 aromatic carbocycles. The van der Waals surface area contributed by atoms with Crippen LogP contribution in [0.3, 0.4) is 0 Å². The molecule has 0 saturated heterocycles. The molecule has 1 aromatic heterocycles. The van der Waals surface area contributed by atoms with Gasteiger partial charge in [0.25, 0.3) is 5.69 Å². The van der Waals surface area contributed by atoms with Gasteiger partial charge in [-0.1, -0.05) is 30.3 Å². The summed E-state index contributed by atoms with van der Waals surface area (Å²) in [6.45, 7) is 0.754. The van der Waals surface area contributed by atoms with Gasteiger partial charge in [-0.2, -0.15) is 23.5 Å². The molecule has 11 heteroatoms. The van der Waals surface area contributed by atoms with Gasteiger partial charge in [0.2, 0.25) is 0 Å². The van der Waals surface area contributed by atoms with Gasteiger partial charge in [0.05, 0.1) is 33.5 Å². The summed E-state index contributed by atoms with van der Waals surface area (Å²) in [5.41, 5.74) is 3.25. The van der Waals surface area contributed by atoms with Crippen LogP contribution in [0.4, 0.5) is 18.9 Å². The van der Waals surface area contributed by atoms with Crippen molar-refractivity contribution in [1.82, 2.24) is 9.78 Å². The monoisotopic (exact) mass is 568 g/mol. The summed E-state index contributed by atoms with van der Waals surface area (Å²) in [4.78, 5) is 10.8. The van der Waals surface area contributed by atoms with Gasteiger partial charge in [0.1, 0.15) is 18.9 Å². The molecule has 0 fully saturated rings. The summed E-state index contributed by atoms with van der Waals surface area (Å²) in [5, 5.41) is 25.5. The molecule has 0 bridgehead atoms. The third kappa shape index (κ3) is 4.90. The van der Waals surface area contributed by atoms with Crippen molar-refractivity contribution in [3.05, 3.63) is 112 Å². The summed E-state index contributed by atoms with van der Waals surface area (Å²) in [6.07, 6.45) is -4.51. The van der Waals surface area contributed by atoms with Gasteiger partial charge < -0.3 is 9.47 Å². The Bertz CT molecular complexity index is 1840. The van der Waals surface area contributed by atoms with E-state index in [2.05, 4.69) is 6.07 Å². The molecule has 0 aliphatic carbocycles. The van der Waals surface area contributed by atoms with Gasteiger partial charge >= 0.3 is 6.18 Å². The molecule has 0 radical (unpaired) electrons. The molecule has 0 saturated carbocycles. The van der Waals surface area contributed by atoms with Crippen molar-refractivity contribution in [2.45, 2.75) is 6.18 Å². The first-order chi connectivity index (χ1) is 20.2. The van der Waals surface area contributed by atoms with E-state index in [0.29, 0.717) is 69.6 Å². The van der Waals surface area contributed by atoms with E-state index in [1.54, 1.807) is 53.2 Å². The van der Waals surface area contributed by atoms with E-state index >= 15 is 0 Å². The molecule has 5 aromatic rings. The second-order valence-corrected chi connectivity index (χ2v) is 9.38. The first-order valence-corrected chi connectivity index (χ1v) is 12.7. The Balaban J connectivity index is 1.64. The quantitative estimate of drug-likeness (QED) is 0.161. The Morgan fingerprint density at radius 1 is 0.833 bits per heavy atom. The average molecular weight is 569 g/mol. The maximum atomic E-state index is 13.4. The summed E-state index contributed by atoms with van der Waals surface area (Å²) >= 11 is 0. The Morgan fingerprint density at radius 2 is 1.45 bits per heavy atom. The van der Waals surface area contributed by atoms with E-state index in [0.717, 1.165) is 12.1 Å². The lowest BCUT2D eigenvalue weighted by atomic mass is 9.94. The van der Waals surface area contributed by atoms with Crippen LogP contribution in [0.15, 0.2) is 91.0 Å². The van der Waals surface area contributed by atoms with Crippen molar-refractivity contribution in [3.8, 4) is 56.9 Å². The predicted octanol–water partition coefficient (Wildman–Crippen LogP) is 7.44. The molecule has 0 amide bonds. The minimum absolute atomic E-state index is 0.110. The van der Waals surface area contributed by atoms with Crippen LogP contribution in [0.25, 0.3) is 39.3 Å². The van der Waals surface area contributed by atoms with Crippen LogP contribution in [0.5, 0.6) is 11.5 Å².